The van der Waals surface area contributed by atoms with Gasteiger partial charge in [-0.15, -0.1) is 0 Å². The van der Waals surface area contributed by atoms with Gasteiger partial charge in [-0.3, -0.25) is 4.79 Å². The fraction of sp³-hybridized carbons (Fsp3) is 0.625. The van der Waals surface area contributed by atoms with Gasteiger partial charge in [0.2, 0.25) is 0 Å². The van der Waals surface area contributed by atoms with Gasteiger partial charge in [0.25, 0.3) is 5.91 Å². The van der Waals surface area contributed by atoms with Crippen LogP contribution < -0.4 is 5.32 Å². The lowest BCUT2D eigenvalue weighted by Gasteiger charge is -2.13. The third kappa shape index (κ3) is 3.50. The molecule has 1 rings (SSSR count). The van der Waals surface area contributed by atoms with E-state index in [4.69, 9.17) is 4.74 Å². The zero-order chi connectivity index (χ0) is 9.68. The summed E-state index contributed by atoms with van der Waals surface area (Å²) >= 11 is 0. The minimum Gasteiger partial charge on any atom is -0.377 e. The Bertz CT molecular complexity index is 216. The fourth-order valence-corrected chi connectivity index (χ4v) is 1.00. The van der Waals surface area contributed by atoms with Crippen molar-refractivity contribution in [2.24, 2.45) is 0 Å². The van der Waals surface area contributed by atoms with Crippen molar-refractivity contribution in [2.45, 2.75) is 12.8 Å². The highest BCUT2D eigenvalue weighted by Gasteiger charge is 2.14. The molecule has 1 amide bonds. The fourth-order valence-electron chi connectivity index (χ4n) is 1.00. The number of carbonyl (C=O) groups is 1. The lowest BCUT2D eigenvalue weighted by Crippen LogP contribution is -2.31. The average Bonchev–Trinajstić information content (AvgIpc) is 2.15. The first-order chi connectivity index (χ1) is 6.20. The number of carbonyl (C=O) groups excluding carboxylic acids is 1. The van der Waals surface area contributed by atoms with Crippen LogP contribution in [0.15, 0.2) is 11.6 Å². The molecular formula is C8H11F2NO2. The molecule has 13 heavy (non-hydrogen) atoms. The first-order valence-corrected chi connectivity index (χ1v) is 4.01. The smallest absolute Gasteiger partial charge is 0.315 e. The minimum absolute atomic E-state index is 0.201. The Labute approximate surface area is 74.8 Å². The van der Waals surface area contributed by atoms with E-state index in [1.54, 1.807) is 6.08 Å². The van der Waals surface area contributed by atoms with E-state index in [9.17, 15) is 13.6 Å². The zero-order valence-electron chi connectivity index (χ0n) is 7.06. The van der Waals surface area contributed by atoms with Gasteiger partial charge < -0.3 is 10.1 Å². The van der Waals surface area contributed by atoms with Crippen LogP contribution in [0, 0.1) is 0 Å². The van der Waals surface area contributed by atoms with Crippen molar-refractivity contribution in [3.63, 3.8) is 0 Å². The van der Waals surface area contributed by atoms with Crippen molar-refractivity contribution in [1.82, 2.24) is 5.32 Å². The molecule has 0 atom stereocenters. The molecule has 0 spiro atoms. The Morgan fingerprint density at radius 1 is 1.69 bits per heavy atom. The third-order valence-electron chi connectivity index (χ3n) is 1.75. The van der Waals surface area contributed by atoms with Gasteiger partial charge in [-0.05, 0) is 6.42 Å². The van der Waals surface area contributed by atoms with E-state index in [2.05, 4.69) is 5.32 Å². The van der Waals surface area contributed by atoms with Gasteiger partial charge in [-0.2, -0.15) is 8.78 Å². The van der Waals surface area contributed by atoms with Gasteiger partial charge in [-0.25, -0.2) is 0 Å². The number of halogens is 2. The molecule has 0 fully saturated rings. The molecule has 0 bridgehead atoms. The van der Waals surface area contributed by atoms with Crippen LogP contribution in [-0.2, 0) is 9.53 Å². The van der Waals surface area contributed by atoms with Crippen LogP contribution in [0.4, 0.5) is 8.78 Å². The molecule has 5 heteroatoms. The predicted octanol–water partition coefficient (Wildman–Crippen LogP) is 0.714. The van der Waals surface area contributed by atoms with Crippen LogP contribution in [0.5, 0.6) is 0 Å². The number of rotatable bonds is 3. The van der Waals surface area contributed by atoms with Gasteiger partial charge in [0, 0.05) is 6.54 Å². The normalized spacial score (nSPS) is 17.0. The number of hydrogen-bond acceptors (Lipinski definition) is 2. The highest BCUT2D eigenvalue weighted by Crippen LogP contribution is 2.06. The van der Waals surface area contributed by atoms with Crippen molar-refractivity contribution in [1.29, 1.82) is 0 Å². The maximum atomic E-state index is 11.7. The molecule has 1 heterocycles. The topological polar surface area (TPSA) is 38.3 Å². The van der Waals surface area contributed by atoms with Crippen molar-refractivity contribution in [2.75, 3.05) is 19.8 Å². The predicted molar refractivity (Wildman–Crippen MR) is 42.5 cm³/mol. The summed E-state index contributed by atoms with van der Waals surface area (Å²) in [5.74, 6) is -1.22. The Morgan fingerprint density at radius 3 is 3.00 bits per heavy atom. The summed E-state index contributed by atoms with van der Waals surface area (Å²) in [7, 11) is 0. The maximum absolute atomic E-state index is 11.7. The number of ether oxygens (including phenoxy) is 1. The Morgan fingerprint density at radius 2 is 2.46 bits per heavy atom. The number of hydrogen-bond donors (Lipinski definition) is 1. The quantitative estimate of drug-likeness (QED) is 0.667. The third-order valence-corrected chi connectivity index (χ3v) is 1.75. The first kappa shape index (κ1) is 10.1. The van der Waals surface area contributed by atoms with Crippen LogP contribution in [0.25, 0.3) is 0 Å². The van der Waals surface area contributed by atoms with Crippen molar-refractivity contribution in [3.05, 3.63) is 11.6 Å². The van der Waals surface area contributed by atoms with Gasteiger partial charge >= 0.3 is 6.43 Å². The summed E-state index contributed by atoms with van der Waals surface area (Å²) in [5, 5.41) is 2.14. The molecule has 0 saturated carbocycles. The van der Waals surface area contributed by atoms with Crippen molar-refractivity contribution >= 4 is 5.91 Å². The Kier molecular flexibility index (Phi) is 3.82. The van der Waals surface area contributed by atoms with E-state index >= 15 is 0 Å². The van der Waals surface area contributed by atoms with Gasteiger partial charge in [0.05, 0.1) is 13.2 Å². The van der Waals surface area contributed by atoms with E-state index in [1.807, 2.05) is 0 Å². The molecule has 0 aromatic carbocycles. The van der Waals surface area contributed by atoms with Crippen LogP contribution in [0.1, 0.15) is 6.42 Å². The SMILES string of the molecule is O=C(NCC1=CCOCC1)C(F)F. The molecule has 1 aliphatic rings. The second-order valence-corrected chi connectivity index (χ2v) is 2.71. The minimum atomic E-state index is -2.93. The summed E-state index contributed by atoms with van der Waals surface area (Å²) < 4.78 is 28.5. The average molecular weight is 191 g/mol. The summed E-state index contributed by atoms with van der Waals surface area (Å²) in [6, 6.07) is 0. The Balaban J connectivity index is 2.25. The lowest BCUT2D eigenvalue weighted by atomic mass is 10.1. The van der Waals surface area contributed by atoms with Gasteiger partial charge in [0.15, 0.2) is 0 Å². The molecule has 0 aliphatic carbocycles. The van der Waals surface area contributed by atoms with Crippen molar-refractivity contribution < 1.29 is 18.3 Å². The highest BCUT2D eigenvalue weighted by molar-refractivity contribution is 5.79. The molecule has 1 aliphatic heterocycles. The first-order valence-electron chi connectivity index (χ1n) is 4.01. The second kappa shape index (κ2) is 4.91. The van der Waals surface area contributed by atoms with E-state index in [-0.39, 0.29) is 6.54 Å². The van der Waals surface area contributed by atoms with Crippen molar-refractivity contribution in [3.8, 4) is 0 Å². The molecule has 0 saturated heterocycles. The summed E-state index contributed by atoms with van der Waals surface area (Å²) in [4.78, 5) is 10.5. The molecule has 0 aromatic heterocycles. The summed E-state index contributed by atoms with van der Waals surface area (Å²) in [6.45, 7) is 1.29. The van der Waals surface area contributed by atoms with Crippen LogP contribution >= 0.6 is 0 Å². The van der Waals surface area contributed by atoms with Crippen LogP contribution in [0.3, 0.4) is 0 Å². The number of amides is 1. The van der Waals surface area contributed by atoms with Gasteiger partial charge in [0.1, 0.15) is 0 Å². The molecular weight excluding hydrogens is 180 g/mol. The largest absolute Gasteiger partial charge is 0.377 e. The lowest BCUT2D eigenvalue weighted by molar-refractivity contribution is -0.131. The maximum Gasteiger partial charge on any atom is 0.315 e. The van der Waals surface area contributed by atoms with Crippen LogP contribution in [-0.4, -0.2) is 32.1 Å². The molecule has 74 valence electrons. The van der Waals surface area contributed by atoms with E-state index < -0.39 is 12.3 Å². The number of alkyl halides is 2. The summed E-state index contributed by atoms with van der Waals surface area (Å²) in [5.41, 5.74) is 0.945. The Hall–Kier alpha value is -0.970. The van der Waals surface area contributed by atoms with E-state index in [0.717, 1.165) is 5.57 Å². The molecule has 1 N–H and O–H groups in total. The van der Waals surface area contributed by atoms with Crippen LogP contribution in [0.2, 0.25) is 0 Å². The van der Waals surface area contributed by atoms with E-state index in [0.29, 0.717) is 19.6 Å². The summed E-state index contributed by atoms with van der Waals surface area (Å²) in [6.07, 6.45) is -0.431. The number of nitrogens with one attached hydrogen (secondary N) is 1. The second-order valence-electron chi connectivity index (χ2n) is 2.71. The highest BCUT2D eigenvalue weighted by atomic mass is 19.3. The molecule has 0 aromatic rings. The standard InChI is InChI=1S/C8H11F2NO2/c9-7(10)8(12)11-5-6-1-3-13-4-2-6/h1,7H,2-5H2,(H,11,12). The van der Waals surface area contributed by atoms with E-state index in [1.165, 1.54) is 0 Å². The molecule has 3 nitrogen and oxygen atoms in total. The van der Waals surface area contributed by atoms with Gasteiger partial charge in [-0.1, -0.05) is 11.6 Å². The molecule has 0 radical (unpaired) electrons. The zero-order valence-corrected chi connectivity index (χ0v) is 7.06. The molecule has 0 unspecified atom stereocenters. The monoisotopic (exact) mass is 191 g/mol.